The molecule has 1 amide bonds. The highest BCUT2D eigenvalue weighted by atomic mass is 16.5. The molecular weight excluding hydrogens is 262 g/mol. The number of hydrogen-bond donors (Lipinski definition) is 1. The van der Waals surface area contributed by atoms with Crippen LogP contribution in [-0.2, 0) is 23.9 Å². The van der Waals surface area contributed by atoms with E-state index in [0.717, 1.165) is 12.2 Å². The van der Waals surface area contributed by atoms with Crippen molar-refractivity contribution in [2.75, 3.05) is 13.7 Å². The minimum atomic E-state index is -0.653. The zero-order valence-corrected chi connectivity index (χ0v) is 12.6. The summed E-state index contributed by atoms with van der Waals surface area (Å²) < 4.78 is 9.35. The van der Waals surface area contributed by atoms with Gasteiger partial charge in [-0.2, -0.15) is 0 Å². The summed E-state index contributed by atoms with van der Waals surface area (Å²) in [6.45, 7) is 7.48. The van der Waals surface area contributed by atoms with Gasteiger partial charge in [0.1, 0.15) is 6.61 Å². The first kappa shape index (κ1) is 18.1. The van der Waals surface area contributed by atoms with E-state index in [9.17, 15) is 14.4 Å². The fourth-order valence-electron chi connectivity index (χ4n) is 1.17. The lowest BCUT2D eigenvalue weighted by Crippen LogP contribution is -2.44. The fraction of sp³-hybridized carbons (Fsp3) is 0.643. The first-order valence-electron chi connectivity index (χ1n) is 6.51. The van der Waals surface area contributed by atoms with Crippen molar-refractivity contribution >= 4 is 17.8 Å². The van der Waals surface area contributed by atoms with Crippen LogP contribution in [0.1, 0.15) is 27.7 Å². The van der Waals surface area contributed by atoms with Gasteiger partial charge in [0.15, 0.2) is 0 Å². The molecule has 0 saturated carbocycles. The fourth-order valence-corrected chi connectivity index (χ4v) is 1.17. The summed E-state index contributed by atoms with van der Waals surface area (Å²) in [5.74, 6) is -1.39. The maximum Gasteiger partial charge on any atom is 0.331 e. The zero-order valence-electron chi connectivity index (χ0n) is 12.6. The van der Waals surface area contributed by atoms with Crippen LogP contribution in [0.4, 0.5) is 0 Å². The van der Waals surface area contributed by atoms with E-state index < -0.39 is 11.9 Å². The van der Waals surface area contributed by atoms with Gasteiger partial charge in [-0.25, -0.2) is 9.59 Å². The van der Waals surface area contributed by atoms with Gasteiger partial charge < -0.3 is 14.8 Å². The summed E-state index contributed by atoms with van der Waals surface area (Å²) >= 11 is 0. The molecule has 114 valence electrons. The molecule has 0 aromatic carbocycles. The van der Waals surface area contributed by atoms with Crippen LogP contribution in [0.2, 0.25) is 0 Å². The second-order valence-electron chi connectivity index (χ2n) is 5.00. The molecule has 1 N–H and O–H groups in total. The quantitative estimate of drug-likeness (QED) is 0.558. The lowest BCUT2D eigenvalue weighted by molar-refractivity contribution is -0.141. The third-order valence-electron chi connectivity index (χ3n) is 2.62. The zero-order chi connectivity index (χ0) is 15.7. The number of ether oxygens (including phenoxy) is 2. The average Bonchev–Trinajstić information content (AvgIpc) is 2.39. The molecule has 6 heteroatoms. The molecule has 1 atom stereocenters. The van der Waals surface area contributed by atoms with Crippen molar-refractivity contribution in [3.8, 4) is 0 Å². The molecule has 0 aliphatic rings. The minimum absolute atomic E-state index is 0.0560. The lowest BCUT2D eigenvalue weighted by atomic mass is 10.0. The third-order valence-corrected chi connectivity index (χ3v) is 2.62. The summed E-state index contributed by atoms with van der Waals surface area (Å²) in [5, 5.41) is 2.82. The Morgan fingerprint density at radius 1 is 1.05 bits per heavy atom. The number of nitrogens with one attached hydrogen (secondary N) is 1. The lowest BCUT2D eigenvalue weighted by Gasteiger charge is -2.22. The molecule has 0 saturated heterocycles. The number of hydrogen-bond acceptors (Lipinski definition) is 5. The van der Waals surface area contributed by atoms with Crippen LogP contribution >= 0.6 is 0 Å². The first-order valence-corrected chi connectivity index (χ1v) is 6.51. The molecule has 0 spiro atoms. The molecular formula is C14H23NO5. The Morgan fingerprint density at radius 2 is 1.60 bits per heavy atom. The van der Waals surface area contributed by atoms with Crippen molar-refractivity contribution in [2.24, 2.45) is 11.8 Å². The second-order valence-corrected chi connectivity index (χ2v) is 5.00. The standard InChI is InChI=1S/C14H23NO5/c1-9(2)11(15-14(18)10(3)4)8-20-13(17)7-6-12(16)19-5/h6-7,9-11H,8H2,1-5H3,(H,15,18)/b7-6+/t11-/m0/s1. The molecule has 0 rings (SSSR count). The van der Waals surface area contributed by atoms with Crippen LogP contribution in [0.15, 0.2) is 12.2 Å². The van der Waals surface area contributed by atoms with Crippen molar-refractivity contribution in [1.82, 2.24) is 5.32 Å². The van der Waals surface area contributed by atoms with Crippen LogP contribution in [0.25, 0.3) is 0 Å². The highest BCUT2D eigenvalue weighted by molar-refractivity contribution is 5.91. The Hall–Kier alpha value is -1.85. The highest BCUT2D eigenvalue weighted by Gasteiger charge is 2.19. The monoisotopic (exact) mass is 285 g/mol. The Balaban J connectivity index is 4.34. The Bertz CT molecular complexity index is 374. The maximum absolute atomic E-state index is 11.6. The largest absolute Gasteiger partial charge is 0.466 e. The summed E-state index contributed by atoms with van der Waals surface area (Å²) in [6, 6.07) is -0.264. The van der Waals surface area contributed by atoms with Gasteiger partial charge in [-0.15, -0.1) is 0 Å². The number of carbonyl (C=O) groups is 3. The van der Waals surface area contributed by atoms with E-state index in [2.05, 4.69) is 10.1 Å². The van der Waals surface area contributed by atoms with Gasteiger partial charge in [-0.1, -0.05) is 27.7 Å². The SMILES string of the molecule is COC(=O)/C=C/C(=O)OC[C@H](NC(=O)C(C)C)C(C)C. The molecule has 0 aromatic heterocycles. The molecule has 20 heavy (non-hydrogen) atoms. The topological polar surface area (TPSA) is 81.7 Å². The Morgan fingerprint density at radius 3 is 2.05 bits per heavy atom. The van der Waals surface area contributed by atoms with E-state index in [4.69, 9.17) is 4.74 Å². The molecule has 0 fully saturated rings. The number of esters is 2. The van der Waals surface area contributed by atoms with Crippen LogP contribution in [0.5, 0.6) is 0 Å². The molecule has 0 heterocycles. The third kappa shape index (κ3) is 7.56. The number of methoxy groups -OCH3 is 1. The first-order chi connectivity index (χ1) is 9.27. The minimum Gasteiger partial charge on any atom is -0.466 e. The van der Waals surface area contributed by atoms with Crippen LogP contribution in [0.3, 0.4) is 0 Å². The smallest absolute Gasteiger partial charge is 0.331 e. The van der Waals surface area contributed by atoms with Crippen molar-refractivity contribution in [3.63, 3.8) is 0 Å². The summed E-state index contributed by atoms with van der Waals surface area (Å²) in [6.07, 6.45) is 1.98. The van der Waals surface area contributed by atoms with Crippen LogP contribution in [0, 0.1) is 11.8 Å². The average molecular weight is 285 g/mol. The molecule has 0 radical (unpaired) electrons. The normalized spacial score (nSPS) is 12.6. The summed E-state index contributed by atoms with van der Waals surface area (Å²) in [4.78, 5) is 33.8. The number of carbonyl (C=O) groups excluding carboxylic acids is 3. The molecule has 0 aromatic rings. The molecule has 0 unspecified atom stereocenters. The molecule has 0 bridgehead atoms. The highest BCUT2D eigenvalue weighted by Crippen LogP contribution is 2.04. The Kier molecular flexibility index (Phi) is 8.27. The second kappa shape index (κ2) is 9.12. The molecule has 0 aliphatic carbocycles. The van der Waals surface area contributed by atoms with E-state index in [1.54, 1.807) is 13.8 Å². The van der Waals surface area contributed by atoms with Crippen molar-refractivity contribution in [3.05, 3.63) is 12.2 Å². The molecule has 0 aliphatic heterocycles. The van der Waals surface area contributed by atoms with Gasteiger partial charge in [0.25, 0.3) is 0 Å². The van der Waals surface area contributed by atoms with Gasteiger partial charge in [-0.3, -0.25) is 4.79 Å². The Labute approximate surface area is 119 Å². The van der Waals surface area contributed by atoms with Crippen molar-refractivity contribution < 1.29 is 23.9 Å². The van der Waals surface area contributed by atoms with E-state index in [-0.39, 0.29) is 30.4 Å². The van der Waals surface area contributed by atoms with E-state index >= 15 is 0 Å². The predicted molar refractivity (Wildman–Crippen MR) is 73.7 cm³/mol. The van der Waals surface area contributed by atoms with Gasteiger partial charge in [-0.05, 0) is 5.92 Å². The van der Waals surface area contributed by atoms with Gasteiger partial charge in [0, 0.05) is 18.1 Å². The predicted octanol–water partition coefficient (Wildman–Crippen LogP) is 1.06. The van der Waals surface area contributed by atoms with E-state index in [1.165, 1.54) is 7.11 Å². The number of rotatable bonds is 7. The maximum atomic E-state index is 11.6. The van der Waals surface area contributed by atoms with Crippen molar-refractivity contribution in [2.45, 2.75) is 33.7 Å². The van der Waals surface area contributed by atoms with Crippen LogP contribution in [-0.4, -0.2) is 37.6 Å². The summed E-state index contributed by atoms with van der Waals surface area (Å²) in [7, 11) is 1.22. The number of amides is 1. The summed E-state index contributed by atoms with van der Waals surface area (Å²) in [5.41, 5.74) is 0. The van der Waals surface area contributed by atoms with Crippen LogP contribution < -0.4 is 5.32 Å². The van der Waals surface area contributed by atoms with E-state index in [0.29, 0.717) is 0 Å². The molecule has 6 nitrogen and oxygen atoms in total. The van der Waals surface area contributed by atoms with Gasteiger partial charge in [0.05, 0.1) is 13.2 Å². The van der Waals surface area contributed by atoms with Crippen molar-refractivity contribution in [1.29, 1.82) is 0 Å². The van der Waals surface area contributed by atoms with E-state index in [1.807, 2.05) is 13.8 Å². The van der Waals surface area contributed by atoms with Gasteiger partial charge in [0.2, 0.25) is 5.91 Å². The van der Waals surface area contributed by atoms with Gasteiger partial charge >= 0.3 is 11.9 Å².